The summed E-state index contributed by atoms with van der Waals surface area (Å²) in [6, 6.07) is 0. The number of rotatable bonds is 3. The number of nitrogens with zero attached hydrogens (tertiary/aromatic N) is 2. The Morgan fingerprint density at radius 2 is 1.84 bits per heavy atom. The molecule has 0 spiro atoms. The molecule has 1 aliphatic rings. The number of hydrogen-bond donors (Lipinski definition) is 1. The van der Waals surface area contributed by atoms with Gasteiger partial charge in [-0.25, -0.2) is 13.8 Å². The average Bonchev–Trinajstić information content (AvgIpc) is 2.73. The number of anilines is 1. The molecule has 2 rings (SSSR count). The Bertz CT molecular complexity index is 447. The quantitative estimate of drug-likeness (QED) is 0.930. The summed E-state index contributed by atoms with van der Waals surface area (Å²) < 4.78 is 26.7. The fourth-order valence-electron chi connectivity index (χ4n) is 2.68. The van der Waals surface area contributed by atoms with E-state index in [1.54, 1.807) is 11.3 Å². The zero-order chi connectivity index (χ0) is 14.3. The zero-order valence-electron chi connectivity index (χ0n) is 11.7. The van der Waals surface area contributed by atoms with Crippen LogP contribution in [0.3, 0.4) is 0 Å². The maximum Gasteiger partial charge on any atom is 0.248 e. The molecule has 1 aliphatic carbocycles. The molecule has 108 valence electrons. The van der Waals surface area contributed by atoms with Gasteiger partial charge in [0, 0.05) is 43.8 Å². The van der Waals surface area contributed by atoms with Crippen molar-refractivity contribution in [3.8, 4) is 0 Å². The van der Waals surface area contributed by atoms with Crippen LogP contribution in [0.2, 0.25) is 0 Å². The van der Waals surface area contributed by atoms with Gasteiger partial charge in [0.05, 0.1) is 5.69 Å². The van der Waals surface area contributed by atoms with Gasteiger partial charge in [0.2, 0.25) is 5.92 Å². The minimum absolute atomic E-state index is 0.0706. The van der Waals surface area contributed by atoms with Crippen LogP contribution in [0.4, 0.5) is 13.9 Å². The Balaban J connectivity index is 2.32. The van der Waals surface area contributed by atoms with Crippen molar-refractivity contribution in [1.29, 1.82) is 0 Å². The SMILES string of the molecule is Cc1nc(N(C)C)sc1C1(CN)CCC(F)(F)CC1. The van der Waals surface area contributed by atoms with Crippen LogP contribution in [0.25, 0.3) is 0 Å². The Labute approximate surface area is 116 Å². The molecule has 0 saturated heterocycles. The molecular formula is C13H21F2N3S. The van der Waals surface area contributed by atoms with Crippen LogP contribution in [0, 0.1) is 6.92 Å². The molecule has 0 aromatic carbocycles. The van der Waals surface area contributed by atoms with Crippen molar-refractivity contribution in [3.05, 3.63) is 10.6 Å². The van der Waals surface area contributed by atoms with Crippen LogP contribution in [0.15, 0.2) is 0 Å². The lowest BCUT2D eigenvalue weighted by atomic mass is 9.71. The third-order valence-corrected chi connectivity index (χ3v) is 5.55. The molecule has 0 radical (unpaired) electrons. The van der Waals surface area contributed by atoms with E-state index in [9.17, 15) is 8.78 Å². The summed E-state index contributed by atoms with van der Waals surface area (Å²) in [6.45, 7) is 2.36. The molecule has 1 fully saturated rings. The van der Waals surface area contributed by atoms with Gasteiger partial charge in [0.15, 0.2) is 5.13 Å². The summed E-state index contributed by atoms with van der Waals surface area (Å²) in [5.41, 5.74) is 6.56. The predicted molar refractivity (Wildman–Crippen MR) is 75.3 cm³/mol. The van der Waals surface area contributed by atoms with Crippen molar-refractivity contribution < 1.29 is 8.78 Å². The molecule has 1 saturated carbocycles. The maximum atomic E-state index is 13.4. The largest absolute Gasteiger partial charge is 0.354 e. The number of hydrogen-bond acceptors (Lipinski definition) is 4. The molecule has 0 unspecified atom stereocenters. The molecule has 1 heterocycles. The lowest BCUT2D eigenvalue weighted by molar-refractivity contribution is -0.0505. The third-order valence-electron chi connectivity index (χ3n) is 3.98. The minimum Gasteiger partial charge on any atom is -0.354 e. The minimum atomic E-state index is -2.53. The van der Waals surface area contributed by atoms with Gasteiger partial charge in [-0.3, -0.25) is 0 Å². The van der Waals surface area contributed by atoms with Crippen molar-refractivity contribution in [2.45, 2.75) is 43.9 Å². The predicted octanol–water partition coefficient (Wildman–Crippen LogP) is 2.92. The van der Waals surface area contributed by atoms with E-state index < -0.39 is 5.92 Å². The molecule has 0 atom stereocenters. The maximum absolute atomic E-state index is 13.4. The smallest absolute Gasteiger partial charge is 0.248 e. The molecule has 0 amide bonds. The third kappa shape index (κ3) is 2.74. The summed E-state index contributed by atoms with van der Waals surface area (Å²) >= 11 is 1.59. The van der Waals surface area contributed by atoms with Crippen LogP contribution in [-0.2, 0) is 5.41 Å². The highest BCUT2D eigenvalue weighted by molar-refractivity contribution is 7.15. The van der Waals surface area contributed by atoms with Crippen molar-refractivity contribution in [2.24, 2.45) is 5.73 Å². The van der Waals surface area contributed by atoms with Crippen LogP contribution < -0.4 is 10.6 Å². The van der Waals surface area contributed by atoms with E-state index in [2.05, 4.69) is 4.98 Å². The van der Waals surface area contributed by atoms with Crippen molar-refractivity contribution >= 4 is 16.5 Å². The van der Waals surface area contributed by atoms with E-state index in [-0.39, 0.29) is 18.3 Å². The topological polar surface area (TPSA) is 42.2 Å². The van der Waals surface area contributed by atoms with E-state index >= 15 is 0 Å². The second kappa shape index (κ2) is 4.98. The fourth-order valence-corrected chi connectivity index (χ4v) is 3.93. The van der Waals surface area contributed by atoms with Gasteiger partial charge < -0.3 is 10.6 Å². The summed E-state index contributed by atoms with van der Waals surface area (Å²) in [6.07, 6.45) is 0.760. The number of thiazole rings is 1. The first-order valence-electron chi connectivity index (χ1n) is 6.53. The normalized spacial score (nSPS) is 21.4. The molecular weight excluding hydrogens is 268 g/mol. The average molecular weight is 289 g/mol. The van der Waals surface area contributed by atoms with Gasteiger partial charge in [-0.15, -0.1) is 11.3 Å². The van der Waals surface area contributed by atoms with Crippen molar-refractivity contribution in [1.82, 2.24) is 4.98 Å². The van der Waals surface area contributed by atoms with E-state index in [0.29, 0.717) is 19.4 Å². The number of nitrogens with two attached hydrogens (primary N) is 1. The van der Waals surface area contributed by atoms with Crippen LogP contribution in [0.5, 0.6) is 0 Å². The Morgan fingerprint density at radius 1 is 1.26 bits per heavy atom. The summed E-state index contributed by atoms with van der Waals surface area (Å²) in [4.78, 5) is 7.56. The molecule has 6 heteroatoms. The molecule has 0 aliphatic heterocycles. The van der Waals surface area contributed by atoms with Gasteiger partial charge in [-0.2, -0.15) is 0 Å². The molecule has 1 aromatic heterocycles. The Morgan fingerprint density at radius 3 is 2.26 bits per heavy atom. The summed E-state index contributed by atoms with van der Waals surface area (Å²) in [7, 11) is 3.87. The van der Waals surface area contributed by atoms with E-state index in [1.807, 2.05) is 25.9 Å². The van der Waals surface area contributed by atoms with Gasteiger partial charge >= 0.3 is 0 Å². The van der Waals surface area contributed by atoms with Gasteiger partial charge in [-0.1, -0.05) is 0 Å². The van der Waals surface area contributed by atoms with Crippen molar-refractivity contribution in [2.75, 3.05) is 25.5 Å². The van der Waals surface area contributed by atoms with Gasteiger partial charge in [0.1, 0.15) is 0 Å². The second-order valence-electron chi connectivity index (χ2n) is 5.65. The van der Waals surface area contributed by atoms with Crippen LogP contribution in [-0.4, -0.2) is 31.5 Å². The van der Waals surface area contributed by atoms with E-state index in [1.165, 1.54) is 0 Å². The van der Waals surface area contributed by atoms with Gasteiger partial charge in [0.25, 0.3) is 0 Å². The zero-order valence-corrected chi connectivity index (χ0v) is 12.5. The highest BCUT2D eigenvalue weighted by Gasteiger charge is 2.45. The van der Waals surface area contributed by atoms with Crippen LogP contribution in [0.1, 0.15) is 36.3 Å². The number of aryl methyl sites for hydroxylation is 1. The summed E-state index contributed by atoms with van der Waals surface area (Å²) in [5.74, 6) is -2.53. The first-order valence-corrected chi connectivity index (χ1v) is 7.34. The monoisotopic (exact) mass is 289 g/mol. The fraction of sp³-hybridized carbons (Fsp3) is 0.769. The molecule has 0 bridgehead atoms. The number of alkyl halides is 2. The second-order valence-corrected chi connectivity index (χ2v) is 6.62. The highest BCUT2D eigenvalue weighted by Crippen LogP contribution is 2.48. The van der Waals surface area contributed by atoms with Gasteiger partial charge in [-0.05, 0) is 19.8 Å². The number of aromatic nitrogens is 1. The van der Waals surface area contributed by atoms with Crippen molar-refractivity contribution in [3.63, 3.8) is 0 Å². The Kier molecular flexibility index (Phi) is 3.84. The molecule has 2 N–H and O–H groups in total. The standard InChI is InChI=1S/C13H21F2N3S/c1-9-10(19-11(17-9)18(2)3)12(8-16)4-6-13(14,15)7-5-12/h4-8,16H2,1-3H3. The number of halogens is 2. The Hall–Kier alpha value is -0.750. The van der Waals surface area contributed by atoms with E-state index in [4.69, 9.17) is 5.73 Å². The lowest BCUT2D eigenvalue weighted by Crippen LogP contribution is -2.42. The summed E-state index contributed by atoms with van der Waals surface area (Å²) in [5, 5.41) is 0.914. The molecule has 19 heavy (non-hydrogen) atoms. The van der Waals surface area contributed by atoms with Crippen LogP contribution >= 0.6 is 11.3 Å². The lowest BCUT2D eigenvalue weighted by Gasteiger charge is -2.38. The first kappa shape index (κ1) is 14.7. The van der Waals surface area contributed by atoms with E-state index in [0.717, 1.165) is 15.7 Å². The highest BCUT2D eigenvalue weighted by atomic mass is 32.1. The molecule has 1 aromatic rings. The first-order chi connectivity index (χ1) is 8.80. The molecule has 3 nitrogen and oxygen atoms in total.